The van der Waals surface area contributed by atoms with Crippen LogP contribution >= 0.6 is 27.5 Å². The Kier molecular flexibility index (Phi) is 3.10. The van der Waals surface area contributed by atoms with Crippen LogP contribution in [0.2, 0.25) is 5.02 Å². The molecule has 0 aliphatic rings. The quantitative estimate of drug-likeness (QED) is 0.911. The van der Waals surface area contributed by atoms with Gasteiger partial charge in [-0.3, -0.25) is 0 Å². The first kappa shape index (κ1) is 11.7. The molecule has 1 atom stereocenters. The SMILES string of the molecule is CC(O)(c1ccoc1)c1ccc(Br)cc1Cl. The minimum absolute atomic E-state index is 0.514. The molecule has 0 bridgehead atoms. The van der Waals surface area contributed by atoms with E-state index in [0.29, 0.717) is 16.1 Å². The molecular formula is C12H10BrClO2. The van der Waals surface area contributed by atoms with Crippen LogP contribution in [-0.2, 0) is 5.60 Å². The molecule has 0 amide bonds. The van der Waals surface area contributed by atoms with E-state index < -0.39 is 5.60 Å². The van der Waals surface area contributed by atoms with Crippen LogP contribution in [0.25, 0.3) is 0 Å². The molecule has 0 aliphatic heterocycles. The fraction of sp³-hybridized carbons (Fsp3) is 0.167. The van der Waals surface area contributed by atoms with Gasteiger partial charge in [0.05, 0.1) is 12.5 Å². The van der Waals surface area contributed by atoms with Crippen LogP contribution < -0.4 is 0 Å². The van der Waals surface area contributed by atoms with E-state index in [-0.39, 0.29) is 0 Å². The van der Waals surface area contributed by atoms with Crippen molar-refractivity contribution in [3.05, 3.63) is 57.4 Å². The molecule has 0 fully saturated rings. The van der Waals surface area contributed by atoms with Crippen molar-refractivity contribution in [3.8, 4) is 0 Å². The van der Waals surface area contributed by atoms with Gasteiger partial charge in [-0.25, -0.2) is 0 Å². The molecular weight excluding hydrogens is 291 g/mol. The summed E-state index contributed by atoms with van der Waals surface area (Å²) in [7, 11) is 0. The number of aliphatic hydroxyl groups is 1. The van der Waals surface area contributed by atoms with Gasteiger partial charge in [0.15, 0.2) is 0 Å². The van der Waals surface area contributed by atoms with Crippen LogP contribution in [0.4, 0.5) is 0 Å². The van der Waals surface area contributed by atoms with E-state index in [9.17, 15) is 5.11 Å². The molecule has 1 heterocycles. The first-order valence-corrected chi connectivity index (χ1v) is 5.89. The minimum Gasteiger partial charge on any atom is -0.472 e. The molecule has 2 aromatic rings. The largest absolute Gasteiger partial charge is 0.472 e. The number of rotatable bonds is 2. The van der Waals surface area contributed by atoms with Gasteiger partial charge in [-0.2, -0.15) is 0 Å². The van der Waals surface area contributed by atoms with Crippen LogP contribution in [0.3, 0.4) is 0 Å². The van der Waals surface area contributed by atoms with Gasteiger partial charge in [-0.1, -0.05) is 33.6 Å². The molecule has 2 nitrogen and oxygen atoms in total. The molecule has 1 N–H and O–H groups in total. The van der Waals surface area contributed by atoms with E-state index in [4.69, 9.17) is 16.0 Å². The summed E-state index contributed by atoms with van der Waals surface area (Å²) in [5.74, 6) is 0. The Labute approximate surface area is 107 Å². The van der Waals surface area contributed by atoms with Gasteiger partial charge < -0.3 is 9.52 Å². The van der Waals surface area contributed by atoms with E-state index in [1.807, 2.05) is 6.07 Å². The summed E-state index contributed by atoms with van der Waals surface area (Å²) in [5.41, 5.74) is 0.181. The van der Waals surface area contributed by atoms with E-state index in [1.54, 1.807) is 25.1 Å². The Morgan fingerprint density at radius 3 is 2.69 bits per heavy atom. The zero-order valence-corrected chi connectivity index (χ0v) is 10.9. The lowest BCUT2D eigenvalue weighted by molar-refractivity contribution is 0.102. The second-order valence-electron chi connectivity index (χ2n) is 3.71. The lowest BCUT2D eigenvalue weighted by Crippen LogP contribution is -2.22. The van der Waals surface area contributed by atoms with Crippen molar-refractivity contribution in [2.75, 3.05) is 0 Å². The Hall–Kier alpha value is -0.770. The predicted octanol–water partition coefficient (Wildman–Crippen LogP) is 3.95. The zero-order valence-electron chi connectivity index (χ0n) is 8.58. The Morgan fingerprint density at radius 1 is 1.38 bits per heavy atom. The van der Waals surface area contributed by atoms with E-state index in [1.165, 1.54) is 12.5 Å². The molecule has 2 rings (SSSR count). The van der Waals surface area contributed by atoms with Crippen LogP contribution in [0.5, 0.6) is 0 Å². The maximum atomic E-state index is 10.5. The average Bonchev–Trinajstić information content (AvgIpc) is 2.69. The zero-order chi connectivity index (χ0) is 11.8. The highest BCUT2D eigenvalue weighted by atomic mass is 79.9. The van der Waals surface area contributed by atoms with Gasteiger partial charge in [0.1, 0.15) is 5.60 Å². The average molecular weight is 302 g/mol. The molecule has 0 saturated heterocycles. The summed E-state index contributed by atoms with van der Waals surface area (Å²) in [6.45, 7) is 1.69. The molecule has 0 saturated carbocycles. The molecule has 84 valence electrons. The predicted molar refractivity (Wildman–Crippen MR) is 66.5 cm³/mol. The molecule has 0 aliphatic carbocycles. The van der Waals surface area contributed by atoms with Gasteiger partial charge in [0, 0.05) is 20.6 Å². The van der Waals surface area contributed by atoms with Crippen LogP contribution in [0.15, 0.2) is 45.7 Å². The van der Waals surface area contributed by atoms with Gasteiger partial charge in [0.2, 0.25) is 0 Å². The second-order valence-corrected chi connectivity index (χ2v) is 5.03. The van der Waals surface area contributed by atoms with E-state index in [2.05, 4.69) is 15.9 Å². The van der Waals surface area contributed by atoms with Gasteiger partial charge in [-0.05, 0) is 25.1 Å². The molecule has 1 aromatic carbocycles. The number of halogens is 2. The molecule has 1 unspecified atom stereocenters. The topological polar surface area (TPSA) is 33.4 Å². The minimum atomic E-state index is -1.15. The van der Waals surface area contributed by atoms with Gasteiger partial charge in [-0.15, -0.1) is 0 Å². The second kappa shape index (κ2) is 4.24. The first-order chi connectivity index (χ1) is 7.51. The summed E-state index contributed by atoms with van der Waals surface area (Å²) in [6, 6.07) is 7.11. The van der Waals surface area contributed by atoms with Gasteiger partial charge in [0.25, 0.3) is 0 Å². The Balaban J connectivity index is 2.51. The third kappa shape index (κ3) is 2.03. The third-order valence-electron chi connectivity index (χ3n) is 2.54. The lowest BCUT2D eigenvalue weighted by Gasteiger charge is -2.23. The van der Waals surface area contributed by atoms with Crippen molar-refractivity contribution in [2.45, 2.75) is 12.5 Å². The molecule has 0 spiro atoms. The highest BCUT2D eigenvalue weighted by Gasteiger charge is 2.28. The maximum Gasteiger partial charge on any atom is 0.116 e. The number of hydrogen-bond acceptors (Lipinski definition) is 2. The fourth-order valence-electron chi connectivity index (χ4n) is 1.58. The van der Waals surface area contributed by atoms with Crippen LogP contribution in [-0.4, -0.2) is 5.11 Å². The van der Waals surface area contributed by atoms with Crippen molar-refractivity contribution in [1.29, 1.82) is 0 Å². The molecule has 16 heavy (non-hydrogen) atoms. The van der Waals surface area contributed by atoms with Crippen LogP contribution in [0.1, 0.15) is 18.1 Å². The lowest BCUT2D eigenvalue weighted by atomic mass is 9.90. The number of furan rings is 1. The highest BCUT2D eigenvalue weighted by Crippen LogP contribution is 2.35. The van der Waals surface area contributed by atoms with Crippen molar-refractivity contribution in [2.24, 2.45) is 0 Å². The molecule has 0 radical (unpaired) electrons. The van der Waals surface area contributed by atoms with Crippen molar-refractivity contribution < 1.29 is 9.52 Å². The maximum absolute atomic E-state index is 10.5. The van der Waals surface area contributed by atoms with Crippen molar-refractivity contribution in [3.63, 3.8) is 0 Å². The summed E-state index contributed by atoms with van der Waals surface area (Å²) in [5, 5.41) is 11.0. The summed E-state index contributed by atoms with van der Waals surface area (Å²) in [4.78, 5) is 0. The Bertz CT molecular complexity index is 492. The highest BCUT2D eigenvalue weighted by molar-refractivity contribution is 9.10. The van der Waals surface area contributed by atoms with Gasteiger partial charge >= 0.3 is 0 Å². The standard InChI is InChI=1S/C12H10BrClO2/c1-12(15,8-4-5-16-7-8)10-3-2-9(13)6-11(10)14/h2-7,15H,1H3. The summed E-state index contributed by atoms with van der Waals surface area (Å²) in [6.07, 6.45) is 3.04. The Morgan fingerprint density at radius 2 is 2.12 bits per heavy atom. The third-order valence-corrected chi connectivity index (χ3v) is 3.34. The monoisotopic (exact) mass is 300 g/mol. The number of hydrogen-bond donors (Lipinski definition) is 1. The van der Waals surface area contributed by atoms with E-state index in [0.717, 1.165) is 4.47 Å². The molecule has 4 heteroatoms. The van der Waals surface area contributed by atoms with Crippen molar-refractivity contribution in [1.82, 2.24) is 0 Å². The smallest absolute Gasteiger partial charge is 0.116 e. The fourth-order valence-corrected chi connectivity index (χ4v) is 2.44. The molecule has 1 aromatic heterocycles. The summed E-state index contributed by atoms with van der Waals surface area (Å²) >= 11 is 9.44. The normalized spacial score (nSPS) is 14.8. The summed E-state index contributed by atoms with van der Waals surface area (Å²) < 4.78 is 5.85. The van der Waals surface area contributed by atoms with E-state index >= 15 is 0 Å². The van der Waals surface area contributed by atoms with Crippen molar-refractivity contribution >= 4 is 27.5 Å². The number of benzene rings is 1. The van der Waals surface area contributed by atoms with Crippen LogP contribution in [0, 0.1) is 0 Å². The first-order valence-electron chi connectivity index (χ1n) is 4.72.